The molecule has 0 aromatic carbocycles. The van der Waals surface area contributed by atoms with Gasteiger partial charge in [-0.25, -0.2) is 14.5 Å². The van der Waals surface area contributed by atoms with Crippen LogP contribution in [0.3, 0.4) is 0 Å². The van der Waals surface area contributed by atoms with E-state index in [1.165, 1.54) is 5.57 Å². The number of nitrogens with zero attached hydrogens (tertiary/aromatic N) is 5. The van der Waals surface area contributed by atoms with E-state index in [9.17, 15) is 0 Å². The van der Waals surface area contributed by atoms with Crippen LogP contribution < -0.4 is 5.32 Å². The number of pyridine rings is 2. The lowest BCUT2D eigenvalue weighted by molar-refractivity contribution is 0.441. The predicted molar refractivity (Wildman–Crippen MR) is 102 cm³/mol. The topological polar surface area (TPSA) is 68.0 Å². The summed E-state index contributed by atoms with van der Waals surface area (Å²) in [5.74, 6) is 1.30. The third kappa shape index (κ3) is 2.60. The molecule has 1 N–H and O–H groups in total. The Bertz CT molecular complexity index is 1120. The molecule has 1 saturated carbocycles. The maximum Gasteiger partial charge on any atom is 0.241 e. The Morgan fingerprint density at radius 1 is 1.12 bits per heavy atom. The second-order valence-corrected chi connectivity index (χ2v) is 6.78. The number of fused-ring (bicyclic) bond motifs is 2. The van der Waals surface area contributed by atoms with Gasteiger partial charge in [-0.15, -0.1) is 5.10 Å². The van der Waals surface area contributed by atoms with E-state index < -0.39 is 0 Å². The summed E-state index contributed by atoms with van der Waals surface area (Å²) in [5.41, 5.74) is 5.94. The quantitative estimate of drug-likeness (QED) is 0.573. The summed E-state index contributed by atoms with van der Waals surface area (Å²) < 4.78 is 1.85. The minimum Gasteiger partial charge on any atom is -0.353 e. The molecule has 26 heavy (non-hydrogen) atoms. The van der Waals surface area contributed by atoms with Crippen molar-refractivity contribution in [2.45, 2.75) is 12.8 Å². The molecule has 0 spiro atoms. The van der Waals surface area contributed by atoms with E-state index in [0.29, 0.717) is 11.9 Å². The van der Waals surface area contributed by atoms with Gasteiger partial charge in [-0.3, -0.25) is 4.98 Å². The summed E-state index contributed by atoms with van der Waals surface area (Å²) in [4.78, 5) is 13.5. The highest BCUT2D eigenvalue weighted by Crippen LogP contribution is 2.31. The zero-order chi connectivity index (χ0) is 17.5. The Morgan fingerprint density at radius 2 is 2.04 bits per heavy atom. The summed E-state index contributed by atoms with van der Waals surface area (Å²) in [5, 5.41) is 7.89. The number of nitrogens with one attached hydrogen (secondary N) is 1. The Morgan fingerprint density at radius 3 is 2.92 bits per heavy atom. The van der Waals surface area contributed by atoms with Crippen molar-refractivity contribution in [1.82, 2.24) is 24.6 Å². The monoisotopic (exact) mass is 342 g/mol. The molecule has 0 unspecified atom stereocenters. The number of allylic oxidation sites excluding steroid dienone is 1. The summed E-state index contributed by atoms with van der Waals surface area (Å²) in [7, 11) is 0. The Hall–Kier alpha value is -3.28. The highest BCUT2D eigenvalue weighted by atomic mass is 15.3. The molecule has 5 rings (SSSR count). The van der Waals surface area contributed by atoms with Gasteiger partial charge in [0, 0.05) is 24.5 Å². The molecule has 4 aromatic rings. The number of rotatable bonds is 4. The van der Waals surface area contributed by atoms with Gasteiger partial charge in [-0.05, 0) is 49.1 Å². The van der Waals surface area contributed by atoms with Gasteiger partial charge in [0.15, 0.2) is 0 Å². The Labute approximate surface area is 150 Å². The number of aromatic nitrogens is 5. The van der Waals surface area contributed by atoms with Crippen LogP contribution in [0.5, 0.6) is 0 Å². The van der Waals surface area contributed by atoms with Gasteiger partial charge < -0.3 is 5.32 Å². The van der Waals surface area contributed by atoms with Crippen molar-refractivity contribution in [2.24, 2.45) is 5.92 Å². The van der Waals surface area contributed by atoms with E-state index in [4.69, 9.17) is 4.98 Å². The van der Waals surface area contributed by atoms with Gasteiger partial charge in [0.05, 0.1) is 28.4 Å². The molecule has 6 nitrogen and oxygen atoms in total. The maximum absolute atomic E-state index is 4.72. The average Bonchev–Trinajstić information content (AvgIpc) is 3.07. The van der Waals surface area contributed by atoms with E-state index in [-0.39, 0.29) is 0 Å². The van der Waals surface area contributed by atoms with E-state index >= 15 is 0 Å². The Kier molecular flexibility index (Phi) is 3.41. The van der Waals surface area contributed by atoms with Gasteiger partial charge >= 0.3 is 0 Å². The van der Waals surface area contributed by atoms with Crippen molar-refractivity contribution < 1.29 is 0 Å². The third-order valence-corrected chi connectivity index (χ3v) is 4.85. The van der Waals surface area contributed by atoms with Crippen LogP contribution in [0.1, 0.15) is 12.8 Å². The molecule has 0 atom stereocenters. The fourth-order valence-corrected chi connectivity index (χ4v) is 3.44. The zero-order valence-electron chi connectivity index (χ0n) is 14.3. The smallest absolute Gasteiger partial charge is 0.241 e. The zero-order valence-corrected chi connectivity index (χ0v) is 14.3. The first-order valence-electron chi connectivity index (χ1n) is 8.73. The van der Waals surface area contributed by atoms with Gasteiger partial charge in [0.2, 0.25) is 5.95 Å². The molecule has 4 aromatic heterocycles. The largest absolute Gasteiger partial charge is 0.353 e. The fraction of sp³-hybridized carbons (Fsp3) is 0.200. The molecule has 4 heterocycles. The second-order valence-electron chi connectivity index (χ2n) is 6.78. The minimum absolute atomic E-state index is 0.646. The molecule has 6 heteroatoms. The van der Waals surface area contributed by atoms with Crippen molar-refractivity contribution in [3.05, 3.63) is 61.1 Å². The highest BCUT2D eigenvalue weighted by molar-refractivity contribution is 5.83. The molecule has 128 valence electrons. The van der Waals surface area contributed by atoms with E-state index in [1.807, 2.05) is 47.2 Å². The van der Waals surface area contributed by atoms with E-state index in [2.05, 4.69) is 27.0 Å². The first-order chi connectivity index (χ1) is 12.8. The molecular formula is C20H18N6. The SMILES string of the molecule is C=C1CC(CNc2ncc3c(-c4ccc5ncccc5n4)ccn3n2)C1. The van der Waals surface area contributed by atoms with E-state index in [1.54, 1.807) is 6.20 Å². The minimum atomic E-state index is 0.646. The number of hydrogen-bond acceptors (Lipinski definition) is 5. The molecule has 0 bridgehead atoms. The summed E-state index contributed by atoms with van der Waals surface area (Å²) >= 11 is 0. The normalized spacial score (nSPS) is 14.7. The summed E-state index contributed by atoms with van der Waals surface area (Å²) in [6.07, 6.45) is 7.77. The maximum atomic E-state index is 4.72. The molecule has 0 amide bonds. The first kappa shape index (κ1) is 15.0. The van der Waals surface area contributed by atoms with E-state index in [0.717, 1.165) is 47.2 Å². The lowest BCUT2D eigenvalue weighted by atomic mass is 9.81. The van der Waals surface area contributed by atoms with Crippen LogP contribution in [0.25, 0.3) is 27.8 Å². The van der Waals surface area contributed by atoms with Crippen molar-refractivity contribution in [3.63, 3.8) is 0 Å². The van der Waals surface area contributed by atoms with Crippen LogP contribution >= 0.6 is 0 Å². The van der Waals surface area contributed by atoms with Gasteiger partial charge in [0.25, 0.3) is 0 Å². The van der Waals surface area contributed by atoms with Crippen LogP contribution in [-0.4, -0.2) is 31.1 Å². The number of hydrogen-bond donors (Lipinski definition) is 1. The standard InChI is InChI=1S/C20H18N6/c1-13-9-14(10-13)11-22-20-23-12-19-15(6-8-26(19)25-20)16-4-5-17-18(24-16)3-2-7-21-17/h2-8,12,14H,1,9-11H2,(H,22,25). The van der Waals surface area contributed by atoms with Crippen LogP contribution in [0.4, 0.5) is 5.95 Å². The van der Waals surface area contributed by atoms with Crippen LogP contribution in [0, 0.1) is 5.92 Å². The second kappa shape index (κ2) is 5.91. The van der Waals surface area contributed by atoms with Crippen LogP contribution in [0.15, 0.2) is 61.1 Å². The predicted octanol–water partition coefficient (Wildman–Crippen LogP) is 3.72. The highest BCUT2D eigenvalue weighted by Gasteiger charge is 2.21. The Balaban J connectivity index is 1.44. The molecule has 0 radical (unpaired) electrons. The fourth-order valence-electron chi connectivity index (χ4n) is 3.44. The molecular weight excluding hydrogens is 324 g/mol. The van der Waals surface area contributed by atoms with Crippen LogP contribution in [-0.2, 0) is 0 Å². The van der Waals surface area contributed by atoms with Crippen molar-refractivity contribution in [3.8, 4) is 11.3 Å². The third-order valence-electron chi connectivity index (χ3n) is 4.85. The average molecular weight is 342 g/mol. The first-order valence-corrected chi connectivity index (χ1v) is 8.73. The van der Waals surface area contributed by atoms with Gasteiger partial charge in [0.1, 0.15) is 0 Å². The summed E-state index contributed by atoms with van der Waals surface area (Å²) in [6, 6.07) is 9.87. The molecule has 0 saturated heterocycles. The lowest BCUT2D eigenvalue weighted by Gasteiger charge is -2.28. The molecule has 1 aliphatic carbocycles. The van der Waals surface area contributed by atoms with Gasteiger partial charge in [-0.1, -0.05) is 12.2 Å². The molecule has 0 aliphatic heterocycles. The lowest BCUT2D eigenvalue weighted by Crippen LogP contribution is -2.23. The van der Waals surface area contributed by atoms with Crippen molar-refractivity contribution >= 4 is 22.5 Å². The molecule has 1 fully saturated rings. The summed E-state index contributed by atoms with van der Waals surface area (Å²) in [6.45, 7) is 4.87. The number of anilines is 1. The van der Waals surface area contributed by atoms with Gasteiger partial charge in [-0.2, -0.15) is 0 Å². The molecule has 1 aliphatic rings. The van der Waals surface area contributed by atoms with Crippen LogP contribution in [0.2, 0.25) is 0 Å². The van der Waals surface area contributed by atoms with Crippen molar-refractivity contribution in [1.29, 1.82) is 0 Å². The van der Waals surface area contributed by atoms with Crippen molar-refractivity contribution in [2.75, 3.05) is 11.9 Å².